The molecule has 0 unspecified atom stereocenters. The zero-order valence-electron chi connectivity index (χ0n) is 6.19. The average Bonchev–Trinajstić information content (AvgIpc) is 2.15. The van der Waals surface area contributed by atoms with E-state index in [1.807, 2.05) is 0 Å². The molecule has 0 bridgehead atoms. The Morgan fingerprint density at radius 2 is 2.42 bits per heavy atom. The summed E-state index contributed by atoms with van der Waals surface area (Å²) in [5, 5.41) is 0. The van der Waals surface area contributed by atoms with E-state index < -0.39 is 5.97 Å². The van der Waals surface area contributed by atoms with Crippen molar-refractivity contribution in [1.29, 1.82) is 0 Å². The summed E-state index contributed by atoms with van der Waals surface area (Å²) in [6.45, 7) is -0.352. The molecule has 0 fully saturated rings. The van der Waals surface area contributed by atoms with E-state index in [0.717, 1.165) is 0 Å². The van der Waals surface area contributed by atoms with Crippen LogP contribution in [0.15, 0.2) is 24.4 Å². The number of aromatic nitrogens is 1. The maximum atomic E-state index is 10.9. The minimum absolute atomic E-state index is 0.188. The molecular formula is C8H6NO3. The Morgan fingerprint density at radius 3 is 3.00 bits per heavy atom. The van der Waals surface area contributed by atoms with Crippen LogP contribution in [0.25, 0.3) is 0 Å². The molecule has 0 N–H and O–H groups in total. The van der Waals surface area contributed by atoms with Crippen LogP contribution in [-0.2, 0) is 9.53 Å². The molecule has 1 aromatic rings. The van der Waals surface area contributed by atoms with Gasteiger partial charge in [0, 0.05) is 6.20 Å². The Bertz CT molecular complexity index is 271. The van der Waals surface area contributed by atoms with Crippen LogP contribution in [0.1, 0.15) is 10.5 Å². The van der Waals surface area contributed by atoms with Crippen LogP contribution >= 0.6 is 0 Å². The molecule has 0 aromatic carbocycles. The first-order valence-corrected chi connectivity index (χ1v) is 3.28. The summed E-state index contributed by atoms with van der Waals surface area (Å²) in [6.07, 6.45) is 2.92. The number of carbonyl (C=O) groups is 1. The largest absolute Gasteiger partial charge is 0.452 e. The second-order valence-corrected chi connectivity index (χ2v) is 1.94. The van der Waals surface area contributed by atoms with Gasteiger partial charge < -0.3 is 4.74 Å². The Hall–Kier alpha value is -1.71. The number of esters is 1. The topological polar surface area (TPSA) is 56.3 Å². The van der Waals surface area contributed by atoms with Crippen molar-refractivity contribution >= 4 is 12.3 Å². The minimum atomic E-state index is -0.612. The number of rotatable bonds is 3. The molecule has 0 aliphatic heterocycles. The maximum absolute atomic E-state index is 10.9. The summed E-state index contributed by atoms with van der Waals surface area (Å²) in [4.78, 5) is 24.4. The highest BCUT2D eigenvalue weighted by Crippen LogP contribution is 1.95. The predicted molar refractivity (Wildman–Crippen MR) is 40.2 cm³/mol. The van der Waals surface area contributed by atoms with Gasteiger partial charge in [-0.1, -0.05) is 6.07 Å². The lowest BCUT2D eigenvalue weighted by Gasteiger charge is -1.97. The van der Waals surface area contributed by atoms with E-state index in [1.54, 1.807) is 12.1 Å². The van der Waals surface area contributed by atoms with Crippen LogP contribution in [-0.4, -0.2) is 23.8 Å². The van der Waals surface area contributed by atoms with Crippen molar-refractivity contribution in [1.82, 2.24) is 4.98 Å². The van der Waals surface area contributed by atoms with Gasteiger partial charge in [0.1, 0.15) is 5.69 Å². The first kappa shape index (κ1) is 8.39. The number of hydrogen-bond donors (Lipinski definition) is 0. The summed E-state index contributed by atoms with van der Waals surface area (Å²) in [7, 11) is 0. The molecule has 61 valence electrons. The van der Waals surface area contributed by atoms with Crippen molar-refractivity contribution in [3.05, 3.63) is 30.1 Å². The van der Waals surface area contributed by atoms with Gasteiger partial charge in [0.05, 0.1) is 0 Å². The van der Waals surface area contributed by atoms with Gasteiger partial charge in [-0.25, -0.2) is 9.78 Å². The number of pyridine rings is 1. The number of ether oxygens (including phenoxy) is 1. The summed E-state index contributed by atoms with van der Waals surface area (Å²) < 4.78 is 4.45. The van der Waals surface area contributed by atoms with E-state index in [4.69, 9.17) is 0 Å². The van der Waals surface area contributed by atoms with Crippen molar-refractivity contribution < 1.29 is 14.3 Å². The van der Waals surface area contributed by atoms with Crippen LogP contribution in [0.2, 0.25) is 0 Å². The monoisotopic (exact) mass is 164 g/mol. The first-order chi connectivity index (χ1) is 5.84. The summed E-state index contributed by atoms with van der Waals surface area (Å²) in [6, 6.07) is 4.85. The van der Waals surface area contributed by atoms with Crippen LogP contribution < -0.4 is 0 Å². The molecule has 0 atom stereocenters. The first-order valence-electron chi connectivity index (χ1n) is 3.28. The Morgan fingerprint density at radius 1 is 1.58 bits per heavy atom. The maximum Gasteiger partial charge on any atom is 0.357 e. The van der Waals surface area contributed by atoms with Crippen molar-refractivity contribution in [2.24, 2.45) is 0 Å². The zero-order chi connectivity index (χ0) is 8.81. The van der Waals surface area contributed by atoms with E-state index in [1.165, 1.54) is 18.5 Å². The van der Waals surface area contributed by atoms with Crippen LogP contribution in [0.4, 0.5) is 0 Å². The lowest BCUT2D eigenvalue weighted by Crippen LogP contribution is -2.08. The molecule has 1 rings (SSSR count). The molecule has 1 radical (unpaired) electrons. The minimum Gasteiger partial charge on any atom is -0.452 e. The molecule has 0 spiro atoms. The quantitative estimate of drug-likeness (QED) is 0.605. The lowest BCUT2D eigenvalue weighted by atomic mass is 10.4. The number of nitrogens with zero attached hydrogens (tertiary/aromatic N) is 1. The van der Waals surface area contributed by atoms with Crippen LogP contribution in [0, 0.1) is 0 Å². The third-order valence-corrected chi connectivity index (χ3v) is 1.14. The average molecular weight is 164 g/mol. The van der Waals surface area contributed by atoms with Gasteiger partial charge in [0.25, 0.3) is 0 Å². The third kappa shape index (κ3) is 2.16. The van der Waals surface area contributed by atoms with E-state index in [-0.39, 0.29) is 12.3 Å². The van der Waals surface area contributed by atoms with Crippen LogP contribution in [0.3, 0.4) is 0 Å². The highest BCUT2D eigenvalue weighted by molar-refractivity contribution is 5.87. The summed E-state index contributed by atoms with van der Waals surface area (Å²) in [5.74, 6) is -0.612. The smallest absolute Gasteiger partial charge is 0.357 e. The number of hydrogen-bond acceptors (Lipinski definition) is 4. The van der Waals surface area contributed by atoms with Gasteiger partial charge in [-0.3, -0.25) is 4.79 Å². The molecule has 0 saturated heterocycles. The highest BCUT2D eigenvalue weighted by atomic mass is 16.5. The van der Waals surface area contributed by atoms with Gasteiger partial charge >= 0.3 is 5.97 Å². The highest BCUT2D eigenvalue weighted by Gasteiger charge is 2.05. The number of carbonyl (C=O) groups excluding carboxylic acids is 2. The van der Waals surface area contributed by atoms with E-state index in [0.29, 0.717) is 0 Å². The molecule has 0 amide bonds. The molecule has 0 aliphatic rings. The van der Waals surface area contributed by atoms with Gasteiger partial charge in [-0.05, 0) is 12.1 Å². The lowest BCUT2D eigenvalue weighted by molar-refractivity contribution is 0.0554. The summed E-state index contributed by atoms with van der Waals surface area (Å²) in [5.41, 5.74) is 0.188. The fraction of sp³-hybridized carbons (Fsp3) is 0.125. The van der Waals surface area contributed by atoms with E-state index >= 15 is 0 Å². The summed E-state index contributed by atoms with van der Waals surface area (Å²) >= 11 is 0. The fourth-order valence-electron chi connectivity index (χ4n) is 0.652. The molecule has 1 heterocycles. The molecular weight excluding hydrogens is 158 g/mol. The molecule has 0 saturated carbocycles. The second kappa shape index (κ2) is 4.23. The van der Waals surface area contributed by atoms with Gasteiger partial charge in [0.2, 0.25) is 6.29 Å². The van der Waals surface area contributed by atoms with Gasteiger partial charge in [0.15, 0.2) is 6.61 Å². The zero-order valence-corrected chi connectivity index (χ0v) is 6.19. The fourth-order valence-corrected chi connectivity index (χ4v) is 0.652. The van der Waals surface area contributed by atoms with Crippen molar-refractivity contribution in [2.75, 3.05) is 6.61 Å². The standard InChI is InChI=1S/C8H6NO3/c10-5-6-12-8(11)7-3-1-2-4-9-7/h1-4H,6H2. The molecule has 4 heteroatoms. The Kier molecular flexibility index (Phi) is 2.95. The predicted octanol–water partition coefficient (Wildman–Crippen LogP) is 0.348. The molecule has 12 heavy (non-hydrogen) atoms. The normalized spacial score (nSPS) is 9.00. The Labute approximate surface area is 69.2 Å². The van der Waals surface area contributed by atoms with Crippen molar-refractivity contribution in [2.45, 2.75) is 0 Å². The molecule has 4 nitrogen and oxygen atoms in total. The molecule has 0 aliphatic carbocycles. The molecule has 1 aromatic heterocycles. The third-order valence-electron chi connectivity index (χ3n) is 1.14. The Balaban J connectivity index is 2.59. The van der Waals surface area contributed by atoms with E-state index in [9.17, 15) is 9.59 Å². The van der Waals surface area contributed by atoms with Crippen LogP contribution in [0.5, 0.6) is 0 Å². The van der Waals surface area contributed by atoms with Crippen molar-refractivity contribution in [3.8, 4) is 0 Å². The van der Waals surface area contributed by atoms with Gasteiger partial charge in [-0.2, -0.15) is 0 Å². The van der Waals surface area contributed by atoms with Gasteiger partial charge in [-0.15, -0.1) is 0 Å². The van der Waals surface area contributed by atoms with E-state index in [2.05, 4.69) is 9.72 Å². The van der Waals surface area contributed by atoms with Crippen molar-refractivity contribution in [3.63, 3.8) is 0 Å². The SMILES string of the molecule is O=[C]COC(=O)c1ccccn1. The second-order valence-electron chi connectivity index (χ2n) is 1.94.